The van der Waals surface area contributed by atoms with Crippen molar-refractivity contribution >= 4 is 5.91 Å². The van der Waals surface area contributed by atoms with Crippen LogP contribution in [-0.2, 0) is 22.5 Å². The number of aromatic nitrogens is 2. The van der Waals surface area contributed by atoms with Gasteiger partial charge in [0.1, 0.15) is 0 Å². The zero-order valence-electron chi connectivity index (χ0n) is 13.9. The third-order valence-corrected chi connectivity index (χ3v) is 4.23. The Bertz CT molecular complexity index is 486. The molecule has 0 bridgehead atoms. The molecule has 6 nitrogen and oxygen atoms in total. The zero-order valence-corrected chi connectivity index (χ0v) is 13.9. The molecule has 2 atom stereocenters. The van der Waals surface area contributed by atoms with Crippen molar-refractivity contribution in [3.63, 3.8) is 0 Å². The molecule has 0 saturated carbocycles. The lowest BCUT2D eigenvalue weighted by Crippen LogP contribution is -2.44. The molecule has 0 saturated heterocycles. The van der Waals surface area contributed by atoms with Gasteiger partial charge in [0.15, 0.2) is 0 Å². The molecule has 1 heterocycles. The number of hydrogen-bond acceptors (Lipinski definition) is 4. The number of carbonyl (C=O) groups is 1. The van der Waals surface area contributed by atoms with E-state index in [1.54, 1.807) is 7.11 Å². The van der Waals surface area contributed by atoms with Crippen LogP contribution in [0.25, 0.3) is 0 Å². The summed E-state index contributed by atoms with van der Waals surface area (Å²) in [5.41, 5.74) is 2.58. The van der Waals surface area contributed by atoms with Gasteiger partial charge in [-0.2, -0.15) is 5.10 Å². The van der Waals surface area contributed by atoms with E-state index in [1.165, 1.54) is 11.3 Å². The molecule has 22 heavy (non-hydrogen) atoms. The average Bonchev–Trinajstić information content (AvgIpc) is 2.95. The smallest absolute Gasteiger partial charge is 0.236 e. The van der Waals surface area contributed by atoms with Crippen molar-refractivity contribution in [2.75, 3.05) is 20.3 Å². The Morgan fingerprint density at radius 1 is 1.59 bits per heavy atom. The largest absolute Gasteiger partial charge is 0.385 e. The summed E-state index contributed by atoms with van der Waals surface area (Å²) in [6.45, 7) is 6.26. The van der Waals surface area contributed by atoms with Gasteiger partial charge in [-0.05, 0) is 39.5 Å². The molecule has 0 fully saturated rings. The molecular weight excluding hydrogens is 280 g/mol. The number of aryl methyl sites for hydroxylation is 1. The highest BCUT2D eigenvalue weighted by Gasteiger charge is 2.26. The fourth-order valence-electron chi connectivity index (χ4n) is 3.02. The van der Waals surface area contributed by atoms with E-state index in [2.05, 4.69) is 27.3 Å². The highest BCUT2D eigenvalue weighted by molar-refractivity contribution is 5.81. The first kappa shape index (κ1) is 17.0. The summed E-state index contributed by atoms with van der Waals surface area (Å²) in [7, 11) is 1.67. The highest BCUT2D eigenvalue weighted by atomic mass is 16.5. The van der Waals surface area contributed by atoms with Crippen LogP contribution in [0, 0.1) is 0 Å². The molecule has 1 aromatic rings. The molecule has 1 aliphatic rings. The molecule has 0 aromatic carbocycles. The van der Waals surface area contributed by atoms with Gasteiger partial charge in [-0.3, -0.25) is 14.8 Å². The topological polar surface area (TPSA) is 68.2 Å². The predicted molar refractivity (Wildman–Crippen MR) is 85.7 cm³/mol. The van der Waals surface area contributed by atoms with Crippen LogP contribution in [0.1, 0.15) is 50.4 Å². The van der Waals surface area contributed by atoms with E-state index in [4.69, 9.17) is 4.74 Å². The molecule has 1 amide bonds. The molecule has 0 unspecified atom stereocenters. The first-order chi connectivity index (χ1) is 10.7. The van der Waals surface area contributed by atoms with E-state index in [0.29, 0.717) is 13.2 Å². The fourth-order valence-corrected chi connectivity index (χ4v) is 3.02. The molecule has 124 valence electrons. The summed E-state index contributed by atoms with van der Waals surface area (Å²) >= 11 is 0. The van der Waals surface area contributed by atoms with Crippen molar-refractivity contribution in [2.24, 2.45) is 0 Å². The average molecular weight is 308 g/mol. The van der Waals surface area contributed by atoms with Crippen LogP contribution in [0.5, 0.6) is 0 Å². The molecule has 1 aromatic heterocycles. The Hall–Kier alpha value is -1.40. The Morgan fingerprint density at radius 3 is 3.14 bits per heavy atom. The van der Waals surface area contributed by atoms with Crippen LogP contribution in [0.4, 0.5) is 0 Å². The van der Waals surface area contributed by atoms with Crippen LogP contribution in [-0.4, -0.2) is 42.0 Å². The Labute approximate surface area is 132 Å². The number of ether oxygens (including phenoxy) is 1. The Morgan fingerprint density at radius 2 is 2.41 bits per heavy atom. The van der Waals surface area contributed by atoms with Crippen molar-refractivity contribution in [2.45, 2.75) is 58.2 Å². The van der Waals surface area contributed by atoms with Gasteiger partial charge < -0.3 is 10.1 Å². The lowest BCUT2D eigenvalue weighted by Gasteiger charge is -2.27. The van der Waals surface area contributed by atoms with Gasteiger partial charge in [-0.15, -0.1) is 0 Å². The quantitative estimate of drug-likeness (QED) is 0.713. The number of methoxy groups -OCH3 is 1. The van der Waals surface area contributed by atoms with Crippen LogP contribution in [0.3, 0.4) is 0 Å². The fraction of sp³-hybridized carbons (Fsp3) is 0.750. The summed E-state index contributed by atoms with van der Waals surface area (Å²) in [5, 5.41) is 10.9. The number of rotatable bonds is 8. The van der Waals surface area contributed by atoms with Gasteiger partial charge in [0.05, 0.1) is 12.2 Å². The third-order valence-electron chi connectivity index (χ3n) is 4.23. The number of fused-ring (bicyclic) bond motifs is 1. The zero-order chi connectivity index (χ0) is 15.9. The Balaban J connectivity index is 1.88. The molecular formula is C16H28N4O2. The maximum absolute atomic E-state index is 12.1. The summed E-state index contributed by atoms with van der Waals surface area (Å²) in [5.74, 6) is 0.0473. The second kappa shape index (κ2) is 8.29. The lowest BCUT2D eigenvalue weighted by atomic mass is 9.92. The lowest BCUT2D eigenvalue weighted by molar-refractivity contribution is -0.123. The first-order valence-corrected chi connectivity index (χ1v) is 8.24. The Kier molecular flexibility index (Phi) is 6.39. The minimum Gasteiger partial charge on any atom is -0.385 e. The van der Waals surface area contributed by atoms with Gasteiger partial charge in [0.25, 0.3) is 0 Å². The molecule has 2 rings (SSSR count). The number of hydrogen-bond donors (Lipinski definition) is 2. The van der Waals surface area contributed by atoms with E-state index in [9.17, 15) is 4.79 Å². The third kappa shape index (κ3) is 4.08. The molecule has 0 spiro atoms. The van der Waals surface area contributed by atoms with E-state index in [1.807, 2.05) is 13.1 Å². The second-order valence-corrected chi connectivity index (χ2v) is 5.83. The standard InChI is InChI=1S/C16H28N4O2/c1-4-20-15-8-5-7-14(13(15)11-18-20)19-12(2)16(21)17-9-6-10-22-3/h11-12,14,19H,4-10H2,1-3H3,(H,17,21)/t12-,14+/m0/s1. The van der Waals surface area contributed by atoms with E-state index < -0.39 is 0 Å². The molecule has 0 aliphatic heterocycles. The van der Waals surface area contributed by atoms with Crippen LogP contribution >= 0.6 is 0 Å². The van der Waals surface area contributed by atoms with Crippen molar-refractivity contribution in [3.8, 4) is 0 Å². The molecule has 1 aliphatic carbocycles. The van der Waals surface area contributed by atoms with Gasteiger partial charge in [0, 0.05) is 44.1 Å². The predicted octanol–water partition coefficient (Wildman–Crippen LogP) is 1.41. The minimum absolute atomic E-state index is 0.0473. The normalized spacial score (nSPS) is 18.8. The summed E-state index contributed by atoms with van der Waals surface area (Å²) < 4.78 is 7.05. The second-order valence-electron chi connectivity index (χ2n) is 5.83. The number of nitrogens with zero attached hydrogens (tertiary/aromatic N) is 2. The van der Waals surface area contributed by atoms with Crippen LogP contribution < -0.4 is 10.6 Å². The van der Waals surface area contributed by atoms with Gasteiger partial charge in [0.2, 0.25) is 5.91 Å². The molecule has 6 heteroatoms. The number of carbonyl (C=O) groups excluding carboxylic acids is 1. The van der Waals surface area contributed by atoms with E-state index in [0.717, 1.165) is 32.2 Å². The minimum atomic E-state index is -0.205. The molecule has 0 radical (unpaired) electrons. The van der Waals surface area contributed by atoms with E-state index >= 15 is 0 Å². The summed E-state index contributed by atoms with van der Waals surface area (Å²) in [6, 6.07) is 0.0206. The first-order valence-electron chi connectivity index (χ1n) is 8.24. The maximum Gasteiger partial charge on any atom is 0.236 e. The summed E-state index contributed by atoms with van der Waals surface area (Å²) in [6.07, 6.45) is 6.08. The summed E-state index contributed by atoms with van der Waals surface area (Å²) in [4.78, 5) is 12.1. The maximum atomic E-state index is 12.1. The van der Waals surface area contributed by atoms with Gasteiger partial charge in [-0.1, -0.05) is 0 Å². The van der Waals surface area contributed by atoms with E-state index in [-0.39, 0.29) is 18.0 Å². The highest BCUT2D eigenvalue weighted by Crippen LogP contribution is 2.29. The van der Waals surface area contributed by atoms with Crippen molar-refractivity contribution in [1.29, 1.82) is 0 Å². The van der Waals surface area contributed by atoms with Gasteiger partial charge in [-0.25, -0.2) is 0 Å². The van der Waals surface area contributed by atoms with Crippen LogP contribution in [0.2, 0.25) is 0 Å². The SMILES string of the molecule is CCn1ncc2c1CCC[C@H]2N[C@@H](C)C(=O)NCCCOC. The van der Waals surface area contributed by atoms with Crippen molar-refractivity contribution in [3.05, 3.63) is 17.5 Å². The monoisotopic (exact) mass is 308 g/mol. The van der Waals surface area contributed by atoms with Crippen molar-refractivity contribution in [1.82, 2.24) is 20.4 Å². The number of amides is 1. The van der Waals surface area contributed by atoms with Crippen LogP contribution in [0.15, 0.2) is 6.20 Å². The van der Waals surface area contributed by atoms with Gasteiger partial charge >= 0.3 is 0 Å². The molecule has 2 N–H and O–H groups in total. The number of nitrogens with one attached hydrogen (secondary N) is 2. The van der Waals surface area contributed by atoms with Crippen molar-refractivity contribution < 1.29 is 9.53 Å².